The molecule has 0 saturated carbocycles. The van der Waals surface area contributed by atoms with Gasteiger partial charge < -0.3 is 4.74 Å². The van der Waals surface area contributed by atoms with Gasteiger partial charge in [-0.05, 0) is 64.8 Å². The van der Waals surface area contributed by atoms with E-state index in [9.17, 15) is 4.79 Å². The second kappa shape index (κ2) is 8.74. The van der Waals surface area contributed by atoms with Crippen molar-refractivity contribution in [2.45, 2.75) is 19.3 Å². The molecule has 0 amide bonds. The molecule has 0 unspecified atom stereocenters. The minimum absolute atomic E-state index is 0.294. The van der Waals surface area contributed by atoms with E-state index in [4.69, 9.17) is 4.74 Å². The minimum atomic E-state index is -0.294. The predicted molar refractivity (Wildman–Crippen MR) is 119 cm³/mol. The Hall–Kier alpha value is -3.39. The van der Waals surface area contributed by atoms with Crippen LogP contribution in [0, 0.1) is 0 Å². The van der Waals surface area contributed by atoms with E-state index in [2.05, 4.69) is 66.8 Å². The number of rotatable bonds is 5. The molecular weight excluding hydrogens is 356 g/mol. The summed E-state index contributed by atoms with van der Waals surface area (Å²) in [5.41, 5.74) is 8.29. The highest BCUT2D eigenvalue weighted by Crippen LogP contribution is 2.25. The zero-order chi connectivity index (χ0) is 20.1. The molecule has 29 heavy (non-hydrogen) atoms. The van der Waals surface area contributed by atoms with Crippen LogP contribution in [0.2, 0.25) is 0 Å². The predicted octanol–water partition coefficient (Wildman–Crippen LogP) is 6.05. The highest BCUT2D eigenvalue weighted by atomic mass is 16.5. The van der Waals surface area contributed by atoms with E-state index in [1.807, 2.05) is 24.3 Å². The summed E-state index contributed by atoms with van der Waals surface area (Å²) in [6.07, 6.45) is 11.5. The van der Waals surface area contributed by atoms with E-state index in [1.54, 1.807) is 0 Å². The van der Waals surface area contributed by atoms with Crippen LogP contribution in [0.1, 0.15) is 32.6 Å². The molecule has 0 aliphatic heterocycles. The third-order valence-corrected chi connectivity index (χ3v) is 5.37. The summed E-state index contributed by atoms with van der Waals surface area (Å²) in [6.45, 7) is 0. The molecule has 0 fully saturated rings. The highest BCUT2D eigenvalue weighted by molar-refractivity contribution is 5.89. The normalized spacial score (nSPS) is 12.3. The van der Waals surface area contributed by atoms with Gasteiger partial charge in [-0.25, -0.2) is 4.79 Å². The molecule has 0 saturated heterocycles. The fourth-order valence-electron chi connectivity index (χ4n) is 3.64. The second-order valence-corrected chi connectivity index (χ2v) is 7.29. The number of carbonyl (C=O) groups is 1. The Bertz CT molecular complexity index is 1050. The van der Waals surface area contributed by atoms with Gasteiger partial charge in [0.1, 0.15) is 0 Å². The molecule has 0 heterocycles. The maximum atomic E-state index is 11.5. The molecule has 0 N–H and O–H groups in total. The fourth-order valence-corrected chi connectivity index (χ4v) is 3.64. The van der Waals surface area contributed by atoms with Crippen molar-refractivity contribution in [2.75, 3.05) is 7.11 Å². The summed E-state index contributed by atoms with van der Waals surface area (Å²) in [6, 6.07) is 23.2. The number of aryl methyl sites for hydroxylation is 2. The SMILES string of the molecule is COC(=O)c1ccc(CCc2ccc(-c3ccc4c(c3)CC=CC=C4)cc2)cc1. The molecule has 0 radical (unpaired) electrons. The van der Waals surface area contributed by atoms with Crippen molar-refractivity contribution in [1.29, 1.82) is 0 Å². The second-order valence-electron chi connectivity index (χ2n) is 7.29. The van der Waals surface area contributed by atoms with E-state index < -0.39 is 0 Å². The molecule has 3 aromatic carbocycles. The molecular formula is C27H24O2. The number of fused-ring (bicyclic) bond motifs is 1. The third kappa shape index (κ3) is 4.55. The molecule has 1 aliphatic rings. The first-order chi connectivity index (χ1) is 14.2. The molecule has 2 heteroatoms. The smallest absolute Gasteiger partial charge is 0.337 e. The molecule has 0 bridgehead atoms. The van der Waals surface area contributed by atoms with Crippen LogP contribution in [0.15, 0.2) is 85.0 Å². The van der Waals surface area contributed by atoms with Gasteiger partial charge >= 0.3 is 5.97 Å². The Morgan fingerprint density at radius 1 is 0.828 bits per heavy atom. The van der Waals surface area contributed by atoms with E-state index in [-0.39, 0.29) is 5.97 Å². The quantitative estimate of drug-likeness (QED) is 0.504. The molecule has 1 aliphatic carbocycles. The highest BCUT2D eigenvalue weighted by Gasteiger charge is 2.06. The van der Waals surface area contributed by atoms with Crippen LogP contribution in [-0.4, -0.2) is 13.1 Å². The van der Waals surface area contributed by atoms with Crippen LogP contribution >= 0.6 is 0 Å². The van der Waals surface area contributed by atoms with E-state index in [0.717, 1.165) is 19.3 Å². The zero-order valence-electron chi connectivity index (χ0n) is 16.6. The molecule has 3 aromatic rings. The van der Waals surface area contributed by atoms with Crippen LogP contribution in [-0.2, 0) is 24.0 Å². The maximum absolute atomic E-state index is 11.5. The number of carbonyl (C=O) groups excluding carboxylic acids is 1. The maximum Gasteiger partial charge on any atom is 0.337 e. The van der Waals surface area contributed by atoms with Crippen LogP contribution in [0.5, 0.6) is 0 Å². The monoisotopic (exact) mass is 380 g/mol. The number of hydrogen-bond donors (Lipinski definition) is 0. The standard InChI is InChI=1S/C27H24O2/c1-29-27(28)24-15-11-21(12-16-24)8-7-20-9-13-23(14-10-20)26-18-17-22-5-3-2-4-6-25(22)19-26/h2-5,9-19H,6-8H2,1H3. The molecule has 144 valence electrons. The van der Waals surface area contributed by atoms with Gasteiger partial charge in [-0.2, -0.15) is 0 Å². The first kappa shape index (κ1) is 18.9. The first-order valence-electron chi connectivity index (χ1n) is 9.95. The minimum Gasteiger partial charge on any atom is -0.465 e. The summed E-state index contributed by atoms with van der Waals surface area (Å²) in [5.74, 6) is -0.294. The molecule has 2 nitrogen and oxygen atoms in total. The lowest BCUT2D eigenvalue weighted by Crippen LogP contribution is -2.01. The molecule has 0 spiro atoms. The van der Waals surface area contributed by atoms with Gasteiger partial charge in [0, 0.05) is 0 Å². The van der Waals surface area contributed by atoms with Crippen LogP contribution in [0.25, 0.3) is 17.2 Å². The van der Waals surface area contributed by atoms with Crippen molar-refractivity contribution >= 4 is 12.0 Å². The lowest BCUT2D eigenvalue weighted by molar-refractivity contribution is 0.0600. The number of ether oxygens (including phenoxy) is 1. The third-order valence-electron chi connectivity index (χ3n) is 5.37. The van der Waals surface area contributed by atoms with Crippen LogP contribution < -0.4 is 0 Å². The topological polar surface area (TPSA) is 26.3 Å². The van der Waals surface area contributed by atoms with Crippen LogP contribution in [0.3, 0.4) is 0 Å². The Morgan fingerprint density at radius 3 is 2.17 bits per heavy atom. The zero-order valence-corrected chi connectivity index (χ0v) is 16.6. The van der Waals surface area contributed by atoms with Crippen molar-refractivity contribution < 1.29 is 9.53 Å². The van der Waals surface area contributed by atoms with Gasteiger partial charge in [0.05, 0.1) is 12.7 Å². The Balaban J connectivity index is 1.42. The lowest BCUT2D eigenvalue weighted by atomic mass is 9.96. The lowest BCUT2D eigenvalue weighted by Gasteiger charge is -2.09. The number of benzene rings is 3. The van der Waals surface area contributed by atoms with E-state index in [1.165, 1.54) is 40.5 Å². The Morgan fingerprint density at radius 2 is 1.48 bits per heavy atom. The summed E-state index contributed by atoms with van der Waals surface area (Å²) in [4.78, 5) is 11.5. The van der Waals surface area contributed by atoms with Gasteiger partial charge in [0.2, 0.25) is 0 Å². The summed E-state index contributed by atoms with van der Waals surface area (Å²) < 4.78 is 4.74. The fraction of sp³-hybridized carbons (Fsp3) is 0.148. The summed E-state index contributed by atoms with van der Waals surface area (Å²) in [5, 5.41) is 0. The van der Waals surface area contributed by atoms with Crippen molar-refractivity contribution in [3.8, 4) is 11.1 Å². The average Bonchev–Trinajstić information content (AvgIpc) is 3.03. The first-order valence-corrected chi connectivity index (χ1v) is 9.95. The average molecular weight is 380 g/mol. The number of hydrogen-bond acceptors (Lipinski definition) is 2. The van der Waals surface area contributed by atoms with Crippen LogP contribution in [0.4, 0.5) is 0 Å². The number of esters is 1. The van der Waals surface area contributed by atoms with Crippen molar-refractivity contribution in [1.82, 2.24) is 0 Å². The van der Waals surface area contributed by atoms with Crippen molar-refractivity contribution in [2.24, 2.45) is 0 Å². The molecule has 0 atom stereocenters. The largest absolute Gasteiger partial charge is 0.465 e. The van der Waals surface area contributed by atoms with Crippen molar-refractivity contribution in [3.05, 3.63) is 113 Å². The molecule has 0 aromatic heterocycles. The van der Waals surface area contributed by atoms with Crippen molar-refractivity contribution in [3.63, 3.8) is 0 Å². The van der Waals surface area contributed by atoms with Gasteiger partial charge in [0.15, 0.2) is 0 Å². The van der Waals surface area contributed by atoms with E-state index in [0.29, 0.717) is 5.56 Å². The van der Waals surface area contributed by atoms with Gasteiger partial charge in [-0.1, -0.05) is 78.9 Å². The Kier molecular flexibility index (Phi) is 5.71. The Labute approximate surface area is 172 Å². The van der Waals surface area contributed by atoms with E-state index >= 15 is 0 Å². The van der Waals surface area contributed by atoms with Gasteiger partial charge in [0.25, 0.3) is 0 Å². The number of methoxy groups -OCH3 is 1. The molecule has 4 rings (SSSR count). The van der Waals surface area contributed by atoms with Gasteiger partial charge in [-0.15, -0.1) is 0 Å². The summed E-state index contributed by atoms with van der Waals surface area (Å²) >= 11 is 0. The van der Waals surface area contributed by atoms with Gasteiger partial charge in [-0.3, -0.25) is 0 Å². The summed E-state index contributed by atoms with van der Waals surface area (Å²) in [7, 11) is 1.40. The number of allylic oxidation sites excluding steroid dienone is 3.